The van der Waals surface area contributed by atoms with E-state index < -0.39 is 6.04 Å². The smallest absolute Gasteiger partial charge is 0.246 e. The lowest BCUT2D eigenvalue weighted by Crippen LogP contribution is -2.40. The molecule has 0 saturated carbocycles. The first kappa shape index (κ1) is 15.7. The standard InChI is InChI=1S/C17H17N5O2/c1-11(20-12(2)23)17(24)21-13-7-8-16(18-9-13)22-10-19-14-5-3-4-6-15(14)22/h3-11H,1-2H3,(H,20,23)(H,21,24). The number of hydrogen-bond acceptors (Lipinski definition) is 4. The van der Waals surface area contributed by atoms with Crippen LogP contribution in [0.25, 0.3) is 16.9 Å². The molecule has 0 bridgehead atoms. The first-order valence-electron chi connectivity index (χ1n) is 7.51. The lowest BCUT2D eigenvalue weighted by molar-refractivity contribution is -0.124. The van der Waals surface area contributed by atoms with Gasteiger partial charge in [-0.15, -0.1) is 0 Å². The number of amides is 2. The van der Waals surface area contributed by atoms with Gasteiger partial charge in [-0.25, -0.2) is 9.97 Å². The quantitative estimate of drug-likeness (QED) is 0.767. The van der Waals surface area contributed by atoms with Gasteiger partial charge in [-0.2, -0.15) is 0 Å². The highest BCUT2D eigenvalue weighted by molar-refractivity contribution is 5.96. The fourth-order valence-electron chi connectivity index (χ4n) is 2.37. The van der Waals surface area contributed by atoms with Gasteiger partial charge in [0.1, 0.15) is 18.2 Å². The highest BCUT2D eigenvalue weighted by Gasteiger charge is 2.14. The van der Waals surface area contributed by atoms with E-state index in [1.807, 2.05) is 28.8 Å². The Labute approximate surface area is 138 Å². The topological polar surface area (TPSA) is 88.9 Å². The van der Waals surface area contributed by atoms with Crippen LogP contribution in [0.15, 0.2) is 48.9 Å². The van der Waals surface area contributed by atoms with Crippen molar-refractivity contribution < 1.29 is 9.59 Å². The third-order valence-electron chi connectivity index (χ3n) is 3.53. The van der Waals surface area contributed by atoms with Crippen LogP contribution in [0.5, 0.6) is 0 Å². The molecule has 24 heavy (non-hydrogen) atoms. The first-order valence-corrected chi connectivity index (χ1v) is 7.51. The summed E-state index contributed by atoms with van der Waals surface area (Å²) in [5.41, 5.74) is 2.41. The van der Waals surface area contributed by atoms with Crippen molar-refractivity contribution in [3.63, 3.8) is 0 Å². The van der Waals surface area contributed by atoms with Crippen LogP contribution in [0.3, 0.4) is 0 Å². The summed E-state index contributed by atoms with van der Waals surface area (Å²) < 4.78 is 1.88. The van der Waals surface area contributed by atoms with E-state index in [0.29, 0.717) is 11.5 Å². The number of rotatable bonds is 4. The molecular weight excluding hydrogens is 306 g/mol. The van der Waals surface area contributed by atoms with Crippen molar-refractivity contribution in [2.24, 2.45) is 0 Å². The van der Waals surface area contributed by atoms with Gasteiger partial charge in [-0.05, 0) is 31.2 Å². The van der Waals surface area contributed by atoms with Crippen LogP contribution < -0.4 is 10.6 Å². The van der Waals surface area contributed by atoms with Crippen LogP contribution in [0.1, 0.15) is 13.8 Å². The molecule has 0 spiro atoms. The molecule has 2 N–H and O–H groups in total. The number of imidazole rings is 1. The summed E-state index contributed by atoms with van der Waals surface area (Å²) in [5, 5.41) is 5.25. The Kier molecular flexibility index (Phi) is 4.24. The van der Waals surface area contributed by atoms with Crippen LogP contribution >= 0.6 is 0 Å². The largest absolute Gasteiger partial charge is 0.345 e. The van der Waals surface area contributed by atoms with Crippen molar-refractivity contribution in [2.75, 3.05) is 5.32 Å². The molecule has 0 aliphatic heterocycles. The number of fused-ring (bicyclic) bond motifs is 1. The summed E-state index contributed by atoms with van der Waals surface area (Å²) in [6.45, 7) is 2.99. The molecule has 2 heterocycles. The average molecular weight is 323 g/mol. The Morgan fingerprint density at radius 1 is 1.12 bits per heavy atom. The maximum absolute atomic E-state index is 12.0. The number of nitrogens with zero attached hydrogens (tertiary/aromatic N) is 3. The highest BCUT2D eigenvalue weighted by atomic mass is 16.2. The van der Waals surface area contributed by atoms with Crippen LogP contribution in [0.2, 0.25) is 0 Å². The van der Waals surface area contributed by atoms with Crippen LogP contribution in [-0.4, -0.2) is 32.4 Å². The Morgan fingerprint density at radius 2 is 1.92 bits per heavy atom. The fraction of sp³-hybridized carbons (Fsp3) is 0.176. The second-order valence-corrected chi connectivity index (χ2v) is 5.42. The van der Waals surface area contributed by atoms with E-state index in [1.165, 1.54) is 6.92 Å². The molecule has 3 rings (SSSR count). The van der Waals surface area contributed by atoms with Gasteiger partial charge in [0.05, 0.1) is 22.9 Å². The summed E-state index contributed by atoms with van der Waals surface area (Å²) >= 11 is 0. The number of nitrogens with one attached hydrogen (secondary N) is 2. The van der Waals surface area contributed by atoms with Gasteiger partial charge >= 0.3 is 0 Å². The van der Waals surface area contributed by atoms with Crippen molar-refractivity contribution in [2.45, 2.75) is 19.9 Å². The van der Waals surface area contributed by atoms with Crippen molar-refractivity contribution in [1.29, 1.82) is 0 Å². The molecular formula is C17H17N5O2. The zero-order chi connectivity index (χ0) is 17.1. The van der Waals surface area contributed by atoms with E-state index >= 15 is 0 Å². The first-order chi connectivity index (χ1) is 11.5. The zero-order valence-corrected chi connectivity index (χ0v) is 13.4. The molecule has 0 aliphatic carbocycles. The molecule has 2 amide bonds. The van der Waals surface area contributed by atoms with E-state index in [2.05, 4.69) is 20.6 Å². The Balaban J connectivity index is 1.76. The molecule has 1 unspecified atom stereocenters. The van der Waals surface area contributed by atoms with E-state index in [0.717, 1.165) is 11.0 Å². The van der Waals surface area contributed by atoms with Gasteiger partial charge in [0.25, 0.3) is 0 Å². The summed E-state index contributed by atoms with van der Waals surface area (Å²) in [6.07, 6.45) is 3.28. The van der Waals surface area contributed by atoms with Gasteiger partial charge < -0.3 is 10.6 Å². The number of hydrogen-bond donors (Lipinski definition) is 2. The van der Waals surface area contributed by atoms with Crippen LogP contribution in [0, 0.1) is 0 Å². The second kappa shape index (κ2) is 6.49. The molecule has 2 aromatic heterocycles. The number of anilines is 1. The normalized spacial score (nSPS) is 11.9. The maximum Gasteiger partial charge on any atom is 0.246 e. The number of benzene rings is 1. The molecule has 1 atom stereocenters. The number of carbonyl (C=O) groups is 2. The van der Waals surface area contributed by atoms with Gasteiger partial charge in [-0.1, -0.05) is 12.1 Å². The monoisotopic (exact) mass is 323 g/mol. The summed E-state index contributed by atoms with van der Waals surface area (Å²) in [4.78, 5) is 31.6. The SMILES string of the molecule is CC(=O)NC(C)C(=O)Nc1ccc(-n2cnc3ccccc32)nc1. The molecule has 122 valence electrons. The van der Waals surface area contributed by atoms with E-state index in [1.54, 1.807) is 31.6 Å². The molecule has 0 fully saturated rings. The van der Waals surface area contributed by atoms with Crippen molar-refractivity contribution in [3.8, 4) is 5.82 Å². The summed E-state index contributed by atoms with van der Waals surface area (Å²) in [6, 6.07) is 10.7. The highest BCUT2D eigenvalue weighted by Crippen LogP contribution is 2.17. The number of para-hydroxylation sites is 2. The summed E-state index contributed by atoms with van der Waals surface area (Å²) in [5.74, 6) is 0.155. The van der Waals surface area contributed by atoms with Crippen molar-refractivity contribution in [3.05, 3.63) is 48.9 Å². The Morgan fingerprint density at radius 3 is 2.62 bits per heavy atom. The molecule has 7 nitrogen and oxygen atoms in total. The third kappa shape index (κ3) is 3.24. The fourth-order valence-corrected chi connectivity index (χ4v) is 2.37. The molecule has 7 heteroatoms. The Hall–Kier alpha value is -3.22. The molecule has 0 radical (unpaired) electrons. The van der Waals surface area contributed by atoms with E-state index in [9.17, 15) is 9.59 Å². The molecule has 0 saturated heterocycles. The van der Waals surface area contributed by atoms with Crippen molar-refractivity contribution >= 4 is 28.5 Å². The van der Waals surface area contributed by atoms with E-state index in [4.69, 9.17) is 0 Å². The lowest BCUT2D eigenvalue weighted by Gasteiger charge is -2.13. The van der Waals surface area contributed by atoms with Crippen molar-refractivity contribution in [1.82, 2.24) is 19.9 Å². The number of carbonyl (C=O) groups excluding carboxylic acids is 2. The minimum atomic E-state index is -0.611. The van der Waals surface area contributed by atoms with Gasteiger partial charge in [0, 0.05) is 6.92 Å². The predicted molar refractivity (Wildman–Crippen MR) is 90.8 cm³/mol. The molecule has 0 aliphatic rings. The average Bonchev–Trinajstić information content (AvgIpc) is 2.99. The van der Waals surface area contributed by atoms with E-state index in [-0.39, 0.29) is 11.8 Å². The van der Waals surface area contributed by atoms with Gasteiger partial charge in [-0.3, -0.25) is 14.2 Å². The number of aromatic nitrogens is 3. The second-order valence-electron chi connectivity index (χ2n) is 5.42. The maximum atomic E-state index is 12.0. The summed E-state index contributed by atoms with van der Waals surface area (Å²) in [7, 11) is 0. The minimum Gasteiger partial charge on any atom is -0.345 e. The Bertz CT molecular complexity index is 885. The van der Waals surface area contributed by atoms with Gasteiger partial charge in [0.2, 0.25) is 11.8 Å². The number of pyridine rings is 1. The predicted octanol–water partition coefficient (Wildman–Crippen LogP) is 1.88. The minimum absolute atomic E-state index is 0.252. The van der Waals surface area contributed by atoms with Crippen LogP contribution in [0.4, 0.5) is 5.69 Å². The molecule has 1 aromatic carbocycles. The van der Waals surface area contributed by atoms with Crippen LogP contribution in [-0.2, 0) is 9.59 Å². The zero-order valence-electron chi connectivity index (χ0n) is 13.4. The van der Waals surface area contributed by atoms with Gasteiger partial charge in [0.15, 0.2) is 0 Å². The third-order valence-corrected chi connectivity index (χ3v) is 3.53. The lowest BCUT2D eigenvalue weighted by atomic mass is 10.3. The molecule has 3 aromatic rings.